The molecule has 1 N–H and O–H groups in total. The van der Waals surface area contributed by atoms with Crippen LogP contribution in [0.15, 0.2) is 53.4 Å². The van der Waals surface area contributed by atoms with Crippen LogP contribution in [0.2, 0.25) is 5.02 Å². The standard InChI is InChI=1S/C17H17ClFNOS/c1-12(22-14-7-8-16(19)15(18)11-14)17(21)20-10-9-13-5-3-2-4-6-13/h2-8,11-12H,9-10H2,1H3,(H,20,21). The van der Waals surface area contributed by atoms with Crippen molar-refractivity contribution in [3.63, 3.8) is 0 Å². The summed E-state index contributed by atoms with van der Waals surface area (Å²) in [5.74, 6) is -0.493. The number of benzene rings is 2. The Morgan fingerprint density at radius 3 is 2.68 bits per heavy atom. The maximum absolute atomic E-state index is 13.1. The van der Waals surface area contributed by atoms with Gasteiger partial charge in [0.1, 0.15) is 5.82 Å². The lowest BCUT2D eigenvalue weighted by atomic mass is 10.1. The van der Waals surface area contributed by atoms with Gasteiger partial charge in [0, 0.05) is 11.4 Å². The van der Waals surface area contributed by atoms with Crippen molar-refractivity contribution in [2.45, 2.75) is 23.5 Å². The number of amides is 1. The van der Waals surface area contributed by atoms with E-state index in [1.807, 2.05) is 37.3 Å². The number of nitrogens with one attached hydrogen (secondary N) is 1. The van der Waals surface area contributed by atoms with Gasteiger partial charge in [0.05, 0.1) is 10.3 Å². The van der Waals surface area contributed by atoms with Crippen LogP contribution in [0.25, 0.3) is 0 Å². The monoisotopic (exact) mass is 337 g/mol. The van der Waals surface area contributed by atoms with Crippen molar-refractivity contribution >= 4 is 29.3 Å². The van der Waals surface area contributed by atoms with E-state index in [1.54, 1.807) is 6.07 Å². The van der Waals surface area contributed by atoms with Crippen molar-refractivity contribution in [2.75, 3.05) is 6.54 Å². The largest absolute Gasteiger partial charge is 0.355 e. The lowest BCUT2D eigenvalue weighted by Gasteiger charge is -2.12. The molecule has 0 radical (unpaired) electrons. The number of carbonyl (C=O) groups excluding carboxylic acids is 1. The Morgan fingerprint density at radius 2 is 2.00 bits per heavy atom. The van der Waals surface area contributed by atoms with E-state index in [2.05, 4.69) is 5.32 Å². The van der Waals surface area contributed by atoms with E-state index in [-0.39, 0.29) is 16.2 Å². The fourth-order valence-electron chi connectivity index (χ4n) is 1.93. The molecule has 1 amide bonds. The summed E-state index contributed by atoms with van der Waals surface area (Å²) in [7, 11) is 0. The normalized spacial score (nSPS) is 12.0. The highest BCUT2D eigenvalue weighted by molar-refractivity contribution is 8.00. The predicted molar refractivity (Wildman–Crippen MR) is 89.9 cm³/mol. The number of halogens is 2. The number of thioether (sulfide) groups is 1. The van der Waals surface area contributed by atoms with Gasteiger partial charge < -0.3 is 5.32 Å². The van der Waals surface area contributed by atoms with E-state index >= 15 is 0 Å². The molecule has 2 rings (SSSR count). The third kappa shape index (κ3) is 5.04. The van der Waals surface area contributed by atoms with Crippen LogP contribution in [-0.2, 0) is 11.2 Å². The summed E-state index contributed by atoms with van der Waals surface area (Å²) >= 11 is 7.10. The van der Waals surface area contributed by atoms with Gasteiger partial charge in [0.15, 0.2) is 0 Å². The molecule has 0 aliphatic carbocycles. The molecule has 0 aliphatic heterocycles. The molecule has 2 nitrogen and oxygen atoms in total. The molecule has 116 valence electrons. The minimum absolute atomic E-state index is 0.0404. The van der Waals surface area contributed by atoms with Gasteiger partial charge in [-0.2, -0.15) is 0 Å². The molecule has 1 atom stereocenters. The topological polar surface area (TPSA) is 29.1 Å². The van der Waals surface area contributed by atoms with E-state index in [4.69, 9.17) is 11.6 Å². The summed E-state index contributed by atoms with van der Waals surface area (Å²) in [5, 5.41) is 2.71. The summed E-state index contributed by atoms with van der Waals surface area (Å²) in [6.07, 6.45) is 0.798. The van der Waals surface area contributed by atoms with Gasteiger partial charge in [-0.1, -0.05) is 41.9 Å². The minimum Gasteiger partial charge on any atom is -0.355 e. The fourth-order valence-corrected chi connectivity index (χ4v) is 3.10. The zero-order valence-electron chi connectivity index (χ0n) is 12.2. The molecule has 22 heavy (non-hydrogen) atoms. The van der Waals surface area contributed by atoms with Gasteiger partial charge in [-0.15, -0.1) is 11.8 Å². The molecular formula is C17H17ClFNOS. The van der Waals surface area contributed by atoms with E-state index in [0.29, 0.717) is 6.54 Å². The van der Waals surface area contributed by atoms with Crippen LogP contribution in [-0.4, -0.2) is 17.7 Å². The van der Waals surface area contributed by atoms with Crippen molar-refractivity contribution in [3.8, 4) is 0 Å². The molecule has 0 saturated heterocycles. The molecule has 2 aromatic carbocycles. The summed E-state index contributed by atoms with van der Waals surface area (Å²) < 4.78 is 13.1. The highest BCUT2D eigenvalue weighted by atomic mass is 35.5. The van der Waals surface area contributed by atoms with Gasteiger partial charge in [-0.25, -0.2) is 4.39 Å². The van der Waals surface area contributed by atoms with Crippen molar-refractivity contribution in [2.24, 2.45) is 0 Å². The van der Waals surface area contributed by atoms with E-state index in [0.717, 1.165) is 11.3 Å². The third-order valence-corrected chi connectivity index (χ3v) is 4.51. The van der Waals surface area contributed by atoms with Gasteiger partial charge in [-0.05, 0) is 37.1 Å². The number of hydrogen-bond acceptors (Lipinski definition) is 2. The predicted octanol–water partition coefficient (Wildman–Crippen LogP) is 4.32. The first-order chi connectivity index (χ1) is 10.6. The van der Waals surface area contributed by atoms with Gasteiger partial charge in [0.2, 0.25) is 5.91 Å². The Kier molecular flexibility index (Phi) is 6.28. The minimum atomic E-state index is -0.453. The Balaban J connectivity index is 1.80. The SMILES string of the molecule is CC(Sc1ccc(F)c(Cl)c1)C(=O)NCCc1ccccc1. The van der Waals surface area contributed by atoms with Crippen molar-refractivity contribution in [3.05, 3.63) is 64.9 Å². The first kappa shape index (κ1) is 16.8. The number of hydrogen-bond donors (Lipinski definition) is 1. The first-order valence-electron chi connectivity index (χ1n) is 6.99. The van der Waals surface area contributed by atoms with Gasteiger partial charge in [-0.3, -0.25) is 4.79 Å². The van der Waals surface area contributed by atoms with Crippen molar-refractivity contribution in [1.29, 1.82) is 0 Å². The van der Waals surface area contributed by atoms with Crippen molar-refractivity contribution in [1.82, 2.24) is 5.32 Å². The average molecular weight is 338 g/mol. The molecule has 5 heteroatoms. The number of rotatable bonds is 6. The molecular weight excluding hydrogens is 321 g/mol. The maximum Gasteiger partial charge on any atom is 0.233 e. The summed E-state index contributed by atoms with van der Waals surface area (Å²) in [5.41, 5.74) is 1.19. The lowest BCUT2D eigenvalue weighted by Crippen LogP contribution is -2.32. The van der Waals surface area contributed by atoms with Crippen LogP contribution in [0.5, 0.6) is 0 Å². The van der Waals surface area contributed by atoms with Crippen LogP contribution in [0.3, 0.4) is 0 Å². The van der Waals surface area contributed by atoms with Gasteiger partial charge >= 0.3 is 0 Å². The van der Waals surface area contributed by atoms with E-state index in [1.165, 1.54) is 29.5 Å². The smallest absolute Gasteiger partial charge is 0.233 e. The van der Waals surface area contributed by atoms with Gasteiger partial charge in [0.25, 0.3) is 0 Å². The molecule has 0 bridgehead atoms. The third-order valence-electron chi connectivity index (χ3n) is 3.13. The van der Waals surface area contributed by atoms with Crippen LogP contribution in [0.4, 0.5) is 4.39 Å². The van der Waals surface area contributed by atoms with Crippen molar-refractivity contribution < 1.29 is 9.18 Å². The van der Waals surface area contributed by atoms with Crippen LogP contribution < -0.4 is 5.32 Å². The maximum atomic E-state index is 13.1. The Labute approximate surface area is 139 Å². The van der Waals surface area contributed by atoms with E-state index in [9.17, 15) is 9.18 Å². The summed E-state index contributed by atoms with van der Waals surface area (Å²) in [6.45, 7) is 2.41. The lowest BCUT2D eigenvalue weighted by molar-refractivity contribution is -0.120. The molecule has 0 aromatic heterocycles. The Hall–Kier alpha value is -1.52. The van der Waals surface area contributed by atoms with Crippen LogP contribution in [0, 0.1) is 5.82 Å². The zero-order valence-corrected chi connectivity index (χ0v) is 13.8. The molecule has 2 aromatic rings. The molecule has 0 aliphatic rings. The summed E-state index contributed by atoms with van der Waals surface area (Å²) in [6, 6.07) is 14.5. The number of carbonyl (C=O) groups is 1. The molecule has 1 unspecified atom stereocenters. The van der Waals surface area contributed by atoms with Crippen LogP contribution >= 0.6 is 23.4 Å². The van der Waals surface area contributed by atoms with E-state index < -0.39 is 5.82 Å². The second kappa shape index (κ2) is 8.20. The average Bonchev–Trinajstić information content (AvgIpc) is 2.52. The highest BCUT2D eigenvalue weighted by Crippen LogP contribution is 2.27. The second-order valence-electron chi connectivity index (χ2n) is 4.86. The Morgan fingerprint density at radius 1 is 1.27 bits per heavy atom. The molecule has 0 fully saturated rings. The van der Waals surface area contributed by atoms with Crippen LogP contribution in [0.1, 0.15) is 12.5 Å². The zero-order chi connectivity index (χ0) is 15.9. The highest BCUT2D eigenvalue weighted by Gasteiger charge is 2.14. The first-order valence-corrected chi connectivity index (χ1v) is 8.25. The Bertz CT molecular complexity index is 636. The molecule has 0 saturated carbocycles. The molecule has 0 heterocycles. The molecule has 0 spiro atoms. The summed E-state index contributed by atoms with van der Waals surface area (Å²) in [4.78, 5) is 12.8. The quantitative estimate of drug-likeness (QED) is 0.795. The second-order valence-corrected chi connectivity index (χ2v) is 6.68. The fraction of sp³-hybridized carbons (Fsp3) is 0.235.